The molecule has 100 valence electrons. The van der Waals surface area contributed by atoms with Gasteiger partial charge in [-0.3, -0.25) is 4.79 Å². The normalized spacial score (nSPS) is 30.1. The first-order valence-electron chi connectivity index (χ1n) is 6.28. The molecule has 1 fully saturated rings. The quantitative estimate of drug-likeness (QED) is 0.489. The molecule has 0 aliphatic heterocycles. The van der Waals surface area contributed by atoms with Crippen molar-refractivity contribution in [3.05, 3.63) is 0 Å². The van der Waals surface area contributed by atoms with Crippen LogP contribution in [0.1, 0.15) is 19.3 Å². The molecule has 1 aliphatic rings. The molecule has 0 saturated heterocycles. The minimum Gasteiger partial charge on any atom is -0.466 e. The maximum atomic E-state index is 11.8. The van der Waals surface area contributed by atoms with Gasteiger partial charge in [-0.25, -0.2) is 0 Å². The number of rotatable bonds is 4. The number of aliphatic hydroxyl groups is 1. The van der Waals surface area contributed by atoms with Gasteiger partial charge in [-0.05, 0) is 25.3 Å². The number of hydrogen-bond donors (Lipinski definition) is 1. The predicted molar refractivity (Wildman–Crippen MR) is 72.1 cm³/mol. The molecule has 0 radical (unpaired) electrons. The van der Waals surface area contributed by atoms with Crippen molar-refractivity contribution in [1.29, 1.82) is 0 Å². The van der Waals surface area contributed by atoms with Gasteiger partial charge in [0.15, 0.2) is 0 Å². The average molecular weight is 279 g/mol. The van der Waals surface area contributed by atoms with Crippen molar-refractivity contribution in [2.75, 3.05) is 6.61 Å². The molecule has 0 heterocycles. The van der Waals surface area contributed by atoms with Crippen molar-refractivity contribution in [3.8, 4) is 0 Å². The van der Waals surface area contributed by atoms with Gasteiger partial charge in [0.05, 0.1) is 24.0 Å². The van der Waals surface area contributed by atoms with Crippen molar-refractivity contribution in [2.24, 2.45) is 5.92 Å². The zero-order chi connectivity index (χ0) is 13.1. The van der Waals surface area contributed by atoms with Crippen LogP contribution in [0.15, 0.2) is 0 Å². The molecule has 1 rings (SSSR count). The third kappa shape index (κ3) is 5.40. The predicted octanol–water partition coefficient (Wildman–Crippen LogP) is 2.64. The highest BCUT2D eigenvalue weighted by atomic mass is 35.5. The van der Waals surface area contributed by atoms with Gasteiger partial charge in [-0.2, -0.15) is 0 Å². The molecule has 1 aliphatic carbocycles. The lowest BCUT2D eigenvalue weighted by Gasteiger charge is -2.28. The monoisotopic (exact) mass is 278 g/mol. The highest BCUT2D eigenvalue weighted by Gasteiger charge is 2.32. The summed E-state index contributed by atoms with van der Waals surface area (Å²) in [6.45, 7) is 7.30. The van der Waals surface area contributed by atoms with E-state index >= 15 is 0 Å². The number of esters is 1. The Morgan fingerprint density at radius 1 is 1.41 bits per heavy atom. The van der Waals surface area contributed by atoms with Crippen molar-refractivity contribution in [2.45, 2.75) is 56.4 Å². The second-order valence-electron chi connectivity index (χ2n) is 6.07. The summed E-state index contributed by atoms with van der Waals surface area (Å²) in [4.78, 5) is 11.8. The van der Waals surface area contributed by atoms with Gasteiger partial charge in [-0.1, -0.05) is 19.6 Å². The van der Waals surface area contributed by atoms with Crippen LogP contribution >= 0.6 is 11.6 Å². The molecule has 3 unspecified atom stereocenters. The molecule has 3 nitrogen and oxygen atoms in total. The Balaban J connectivity index is 2.29. The number of alkyl halides is 1. The van der Waals surface area contributed by atoms with Crippen molar-refractivity contribution in [3.63, 3.8) is 0 Å². The van der Waals surface area contributed by atoms with Gasteiger partial charge >= 0.3 is 5.97 Å². The molecule has 0 amide bonds. The standard InChI is InChI=1S/C12H23ClO3Si/c1-17(2,3)7-6-16-12(15)9-4-5-11(14)10(13)8-9/h9-11,14H,4-8H2,1-3H3. The minimum atomic E-state index is -1.14. The second kappa shape index (κ2) is 6.21. The Bertz CT molecular complexity index is 265. The number of halogens is 1. The molecule has 0 aromatic carbocycles. The second-order valence-corrected chi connectivity index (χ2v) is 12.3. The number of ether oxygens (including phenoxy) is 1. The van der Waals surface area contributed by atoms with Crippen LogP contribution in [-0.4, -0.2) is 37.2 Å². The Kier molecular flexibility index (Phi) is 5.47. The molecule has 0 aromatic rings. The maximum absolute atomic E-state index is 11.8. The van der Waals surface area contributed by atoms with Crippen molar-refractivity contribution >= 4 is 25.6 Å². The van der Waals surface area contributed by atoms with E-state index in [4.69, 9.17) is 16.3 Å². The molecule has 0 spiro atoms. The summed E-state index contributed by atoms with van der Waals surface area (Å²) in [5.41, 5.74) is 0. The lowest BCUT2D eigenvalue weighted by atomic mass is 9.87. The molecule has 1 saturated carbocycles. The zero-order valence-electron chi connectivity index (χ0n) is 10.9. The molecule has 17 heavy (non-hydrogen) atoms. The van der Waals surface area contributed by atoms with Crippen LogP contribution in [0.25, 0.3) is 0 Å². The van der Waals surface area contributed by atoms with Gasteiger partial charge in [0.2, 0.25) is 0 Å². The largest absolute Gasteiger partial charge is 0.466 e. The lowest BCUT2D eigenvalue weighted by Crippen LogP contribution is -2.34. The molecular formula is C12H23ClO3Si. The fraction of sp³-hybridized carbons (Fsp3) is 0.917. The van der Waals surface area contributed by atoms with Gasteiger partial charge < -0.3 is 9.84 Å². The highest BCUT2D eigenvalue weighted by Crippen LogP contribution is 2.29. The van der Waals surface area contributed by atoms with Crippen molar-refractivity contribution in [1.82, 2.24) is 0 Å². The Morgan fingerprint density at radius 2 is 2.06 bits per heavy atom. The summed E-state index contributed by atoms with van der Waals surface area (Å²) in [6, 6.07) is 0.998. The highest BCUT2D eigenvalue weighted by molar-refractivity contribution is 6.76. The summed E-state index contributed by atoms with van der Waals surface area (Å²) < 4.78 is 5.30. The third-order valence-electron chi connectivity index (χ3n) is 3.17. The molecule has 3 atom stereocenters. The summed E-state index contributed by atoms with van der Waals surface area (Å²) in [7, 11) is -1.14. The first-order valence-corrected chi connectivity index (χ1v) is 10.4. The molecular weight excluding hydrogens is 256 g/mol. The van der Waals surface area contributed by atoms with Crippen LogP contribution in [0.3, 0.4) is 0 Å². The van der Waals surface area contributed by atoms with Gasteiger partial charge in [-0.15, -0.1) is 11.6 Å². The maximum Gasteiger partial charge on any atom is 0.308 e. The molecule has 1 N–H and O–H groups in total. The van der Waals surface area contributed by atoms with Crippen molar-refractivity contribution < 1.29 is 14.6 Å². The van der Waals surface area contributed by atoms with E-state index in [2.05, 4.69) is 19.6 Å². The Morgan fingerprint density at radius 3 is 2.59 bits per heavy atom. The van der Waals surface area contributed by atoms with E-state index < -0.39 is 14.2 Å². The van der Waals surface area contributed by atoms with E-state index in [-0.39, 0.29) is 17.3 Å². The summed E-state index contributed by atoms with van der Waals surface area (Å²) in [5.74, 6) is -0.261. The smallest absolute Gasteiger partial charge is 0.308 e. The van der Waals surface area contributed by atoms with Gasteiger partial charge in [0, 0.05) is 8.07 Å². The summed E-state index contributed by atoms with van der Waals surface area (Å²) in [5, 5.41) is 9.17. The van der Waals surface area contributed by atoms with E-state index in [1.54, 1.807) is 0 Å². The van der Waals surface area contributed by atoms with Crippen LogP contribution < -0.4 is 0 Å². The summed E-state index contributed by atoms with van der Waals surface area (Å²) in [6.07, 6.45) is 1.36. The number of aliphatic hydroxyl groups excluding tert-OH is 1. The first kappa shape index (κ1) is 15.0. The van der Waals surface area contributed by atoms with Crippen LogP contribution in [0.2, 0.25) is 25.7 Å². The number of carbonyl (C=O) groups excluding carboxylic acids is 1. The van der Waals surface area contributed by atoms with E-state index in [0.29, 0.717) is 25.9 Å². The SMILES string of the molecule is C[Si](C)(C)CCOC(=O)C1CCC(O)C(Cl)C1. The van der Waals surface area contributed by atoms with E-state index in [1.165, 1.54) is 0 Å². The fourth-order valence-corrected chi connectivity index (χ4v) is 2.94. The number of hydrogen-bond acceptors (Lipinski definition) is 3. The van der Waals surface area contributed by atoms with Crippen LogP contribution in [0, 0.1) is 5.92 Å². The van der Waals surface area contributed by atoms with Crippen LogP contribution in [0.4, 0.5) is 0 Å². The topological polar surface area (TPSA) is 46.5 Å². The molecule has 0 aromatic heterocycles. The zero-order valence-corrected chi connectivity index (χ0v) is 12.7. The van der Waals surface area contributed by atoms with E-state index in [0.717, 1.165) is 6.04 Å². The van der Waals surface area contributed by atoms with Crippen LogP contribution in [0.5, 0.6) is 0 Å². The van der Waals surface area contributed by atoms with Gasteiger partial charge in [0.1, 0.15) is 0 Å². The third-order valence-corrected chi connectivity index (χ3v) is 5.34. The Labute approximate surface area is 110 Å². The van der Waals surface area contributed by atoms with Crippen LogP contribution in [-0.2, 0) is 9.53 Å². The fourth-order valence-electron chi connectivity index (χ4n) is 1.89. The summed E-state index contributed by atoms with van der Waals surface area (Å²) >= 11 is 5.96. The Hall–Kier alpha value is -0.0631. The number of carbonyl (C=O) groups is 1. The van der Waals surface area contributed by atoms with Gasteiger partial charge in [0.25, 0.3) is 0 Å². The minimum absolute atomic E-state index is 0.123. The lowest BCUT2D eigenvalue weighted by molar-refractivity contribution is -0.149. The van der Waals surface area contributed by atoms with E-state index in [1.807, 2.05) is 0 Å². The molecule has 5 heteroatoms. The van der Waals surface area contributed by atoms with E-state index in [9.17, 15) is 9.90 Å². The molecule has 0 bridgehead atoms. The average Bonchev–Trinajstić information content (AvgIpc) is 2.20. The first-order chi connectivity index (χ1) is 7.79.